The van der Waals surface area contributed by atoms with Crippen LogP contribution in [-0.4, -0.2) is 30.6 Å². The summed E-state index contributed by atoms with van der Waals surface area (Å²) >= 11 is 6.02. The fraction of sp³-hybridized carbons (Fsp3) is 0.562. The van der Waals surface area contributed by atoms with Crippen LogP contribution >= 0.6 is 11.6 Å². The first kappa shape index (κ1) is 16.3. The predicted molar refractivity (Wildman–Crippen MR) is 84.2 cm³/mol. The van der Waals surface area contributed by atoms with E-state index in [1.807, 2.05) is 12.1 Å². The molecule has 0 aromatic heterocycles. The number of aliphatic hydroxyl groups is 1. The van der Waals surface area contributed by atoms with Crippen molar-refractivity contribution in [1.82, 2.24) is 10.6 Å². The van der Waals surface area contributed by atoms with Gasteiger partial charge < -0.3 is 15.7 Å². The number of benzene rings is 1. The molecule has 1 aliphatic rings. The van der Waals surface area contributed by atoms with Gasteiger partial charge >= 0.3 is 0 Å². The van der Waals surface area contributed by atoms with Gasteiger partial charge in [-0.2, -0.15) is 0 Å². The van der Waals surface area contributed by atoms with E-state index in [0.29, 0.717) is 22.9 Å². The third kappa shape index (κ3) is 5.30. The van der Waals surface area contributed by atoms with Crippen molar-refractivity contribution in [3.63, 3.8) is 0 Å². The van der Waals surface area contributed by atoms with Crippen LogP contribution in [0.3, 0.4) is 0 Å². The number of carbonyl (C=O) groups is 1. The highest BCUT2D eigenvalue weighted by molar-refractivity contribution is 6.31. The van der Waals surface area contributed by atoms with Crippen LogP contribution in [0.5, 0.6) is 0 Å². The summed E-state index contributed by atoms with van der Waals surface area (Å²) in [5.41, 5.74) is 0.651. The summed E-state index contributed by atoms with van der Waals surface area (Å²) in [4.78, 5) is 11.8. The van der Waals surface area contributed by atoms with Crippen molar-refractivity contribution in [2.75, 3.05) is 19.6 Å². The summed E-state index contributed by atoms with van der Waals surface area (Å²) in [6, 6.07) is 7.15. The Morgan fingerprint density at radius 1 is 1.38 bits per heavy atom. The second-order valence-corrected chi connectivity index (χ2v) is 5.98. The molecular weight excluding hydrogens is 288 g/mol. The predicted octanol–water partition coefficient (Wildman–Crippen LogP) is 2.27. The topological polar surface area (TPSA) is 61.4 Å². The summed E-state index contributed by atoms with van der Waals surface area (Å²) in [5.74, 6) is 0.644. The molecule has 1 atom stereocenters. The third-order valence-corrected chi connectivity index (χ3v) is 4.34. The molecule has 1 saturated heterocycles. The Labute approximate surface area is 130 Å². The first-order chi connectivity index (χ1) is 10.2. The Bertz CT molecular complexity index is 461. The number of aliphatic hydroxyl groups excluding tert-OH is 1. The quantitative estimate of drug-likeness (QED) is 0.755. The van der Waals surface area contributed by atoms with E-state index in [2.05, 4.69) is 10.6 Å². The minimum absolute atomic E-state index is 0.000337. The number of hydrogen-bond donors (Lipinski definition) is 3. The van der Waals surface area contributed by atoms with Crippen LogP contribution in [0.15, 0.2) is 24.3 Å². The van der Waals surface area contributed by atoms with E-state index in [9.17, 15) is 9.90 Å². The second kappa shape index (κ2) is 8.37. The van der Waals surface area contributed by atoms with Gasteiger partial charge in [0, 0.05) is 23.6 Å². The third-order valence-electron chi connectivity index (χ3n) is 4.00. The summed E-state index contributed by atoms with van der Waals surface area (Å²) in [6.07, 6.45) is 2.99. The molecule has 21 heavy (non-hydrogen) atoms. The van der Waals surface area contributed by atoms with Crippen molar-refractivity contribution in [3.05, 3.63) is 34.9 Å². The molecule has 0 radical (unpaired) electrons. The average Bonchev–Trinajstić information content (AvgIpc) is 2.52. The highest BCUT2D eigenvalue weighted by atomic mass is 35.5. The molecular formula is C16H23ClN2O2. The molecule has 1 aromatic carbocycles. The summed E-state index contributed by atoms with van der Waals surface area (Å²) in [6.45, 7) is 2.31. The van der Waals surface area contributed by atoms with Crippen LogP contribution in [0.1, 0.15) is 37.4 Å². The van der Waals surface area contributed by atoms with Gasteiger partial charge in [-0.25, -0.2) is 0 Å². The molecule has 5 heteroatoms. The van der Waals surface area contributed by atoms with Crippen LogP contribution in [0.4, 0.5) is 0 Å². The smallest absolute Gasteiger partial charge is 0.220 e. The molecule has 1 fully saturated rings. The maximum atomic E-state index is 11.8. The molecule has 1 unspecified atom stereocenters. The van der Waals surface area contributed by atoms with Gasteiger partial charge in [0.05, 0.1) is 6.10 Å². The van der Waals surface area contributed by atoms with Gasteiger partial charge in [-0.05, 0) is 44.3 Å². The van der Waals surface area contributed by atoms with Gasteiger partial charge in [0.2, 0.25) is 5.91 Å². The molecule has 116 valence electrons. The Balaban J connectivity index is 1.69. The lowest BCUT2D eigenvalue weighted by molar-refractivity contribution is -0.121. The highest BCUT2D eigenvalue weighted by Gasteiger charge is 2.16. The van der Waals surface area contributed by atoms with Gasteiger partial charge in [0.15, 0.2) is 0 Å². The minimum atomic E-state index is -0.762. The van der Waals surface area contributed by atoms with E-state index in [4.69, 9.17) is 11.6 Å². The SMILES string of the molecule is O=C(CCC1CCNCC1)NCC(O)c1ccccc1Cl. The Morgan fingerprint density at radius 2 is 2.10 bits per heavy atom. The van der Waals surface area contributed by atoms with E-state index in [1.54, 1.807) is 12.1 Å². The summed E-state index contributed by atoms with van der Waals surface area (Å²) in [5, 5.41) is 16.7. The van der Waals surface area contributed by atoms with E-state index in [-0.39, 0.29) is 12.5 Å². The zero-order valence-corrected chi connectivity index (χ0v) is 12.9. The van der Waals surface area contributed by atoms with Crippen molar-refractivity contribution in [3.8, 4) is 0 Å². The van der Waals surface area contributed by atoms with E-state index < -0.39 is 6.10 Å². The Kier molecular flexibility index (Phi) is 6.49. The zero-order chi connectivity index (χ0) is 15.1. The zero-order valence-electron chi connectivity index (χ0n) is 12.1. The van der Waals surface area contributed by atoms with Crippen LogP contribution in [0, 0.1) is 5.92 Å². The van der Waals surface area contributed by atoms with Crippen molar-refractivity contribution in [1.29, 1.82) is 0 Å². The lowest BCUT2D eigenvalue weighted by Gasteiger charge is -2.22. The number of nitrogens with one attached hydrogen (secondary N) is 2. The van der Waals surface area contributed by atoms with Crippen LogP contribution < -0.4 is 10.6 Å². The normalized spacial score (nSPS) is 17.4. The Hall–Kier alpha value is -1.10. The number of halogens is 1. The van der Waals surface area contributed by atoms with Crippen LogP contribution in [0.2, 0.25) is 5.02 Å². The van der Waals surface area contributed by atoms with Gasteiger partial charge in [0.1, 0.15) is 0 Å². The molecule has 1 heterocycles. The molecule has 0 spiro atoms. The lowest BCUT2D eigenvalue weighted by atomic mass is 9.93. The van der Waals surface area contributed by atoms with Crippen molar-refractivity contribution in [2.24, 2.45) is 5.92 Å². The lowest BCUT2D eigenvalue weighted by Crippen LogP contribution is -2.31. The maximum absolute atomic E-state index is 11.8. The fourth-order valence-corrected chi connectivity index (χ4v) is 2.92. The van der Waals surface area contributed by atoms with Crippen LogP contribution in [-0.2, 0) is 4.79 Å². The number of piperidine rings is 1. The standard InChI is InChI=1S/C16H23ClN2O2/c17-14-4-2-1-3-13(14)15(20)11-19-16(21)6-5-12-7-9-18-10-8-12/h1-4,12,15,18,20H,5-11H2,(H,19,21). The van der Waals surface area contributed by atoms with Crippen LogP contribution in [0.25, 0.3) is 0 Å². The minimum Gasteiger partial charge on any atom is -0.387 e. The van der Waals surface area contributed by atoms with Crippen molar-refractivity contribution >= 4 is 17.5 Å². The van der Waals surface area contributed by atoms with Gasteiger partial charge in [-0.15, -0.1) is 0 Å². The highest BCUT2D eigenvalue weighted by Crippen LogP contribution is 2.22. The number of carbonyl (C=O) groups excluding carboxylic acids is 1. The number of rotatable bonds is 6. The van der Waals surface area contributed by atoms with E-state index in [0.717, 1.165) is 32.4 Å². The van der Waals surface area contributed by atoms with E-state index in [1.165, 1.54) is 0 Å². The molecule has 2 rings (SSSR count). The number of amides is 1. The Morgan fingerprint density at radius 3 is 2.81 bits per heavy atom. The molecule has 3 N–H and O–H groups in total. The molecule has 0 saturated carbocycles. The second-order valence-electron chi connectivity index (χ2n) is 5.57. The van der Waals surface area contributed by atoms with Crippen molar-refractivity contribution < 1.29 is 9.90 Å². The molecule has 0 bridgehead atoms. The van der Waals surface area contributed by atoms with Gasteiger partial charge in [-0.1, -0.05) is 29.8 Å². The molecule has 1 aliphatic heterocycles. The van der Waals surface area contributed by atoms with E-state index >= 15 is 0 Å². The summed E-state index contributed by atoms with van der Waals surface area (Å²) < 4.78 is 0. The molecule has 1 aromatic rings. The maximum Gasteiger partial charge on any atom is 0.220 e. The number of hydrogen-bond acceptors (Lipinski definition) is 3. The fourth-order valence-electron chi connectivity index (χ4n) is 2.66. The monoisotopic (exact) mass is 310 g/mol. The van der Waals surface area contributed by atoms with Crippen molar-refractivity contribution in [2.45, 2.75) is 31.8 Å². The average molecular weight is 311 g/mol. The first-order valence-electron chi connectivity index (χ1n) is 7.56. The molecule has 4 nitrogen and oxygen atoms in total. The summed E-state index contributed by atoms with van der Waals surface area (Å²) in [7, 11) is 0. The van der Waals surface area contributed by atoms with Gasteiger partial charge in [0.25, 0.3) is 0 Å². The van der Waals surface area contributed by atoms with Gasteiger partial charge in [-0.3, -0.25) is 4.79 Å². The first-order valence-corrected chi connectivity index (χ1v) is 7.94. The largest absolute Gasteiger partial charge is 0.387 e. The molecule has 1 amide bonds. The molecule has 0 aliphatic carbocycles.